The van der Waals surface area contributed by atoms with Gasteiger partial charge >= 0.3 is 5.97 Å². The molecule has 0 radical (unpaired) electrons. The van der Waals surface area contributed by atoms with E-state index in [1.807, 2.05) is 46.4 Å². The smallest absolute Gasteiger partial charge is 0.330 e. The molecule has 5 heteroatoms. The molecule has 0 unspecified atom stereocenters. The normalized spacial score (nSPS) is 21.6. The van der Waals surface area contributed by atoms with E-state index in [-0.39, 0.29) is 23.8 Å². The molecule has 0 saturated carbocycles. The highest BCUT2D eigenvalue weighted by Crippen LogP contribution is 2.19. The maximum atomic E-state index is 12.0. The first-order chi connectivity index (χ1) is 8.62. The van der Waals surface area contributed by atoms with E-state index < -0.39 is 5.41 Å². The van der Waals surface area contributed by atoms with Crippen LogP contribution in [0.15, 0.2) is 0 Å². The minimum atomic E-state index is -0.506. The third-order valence-corrected chi connectivity index (χ3v) is 3.19. The van der Waals surface area contributed by atoms with E-state index in [1.54, 1.807) is 5.06 Å². The molecule has 0 aromatic rings. The average Bonchev–Trinajstić information content (AvgIpc) is 2.26. The van der Waals surface area contributed by atoms with Gasteiger partial charge in [-0.1, -0.05) is 13.8 Å². The first kappa shape index (κ1) is 16.0. The summed E-state index contributed by atoms with van der Waals surface area (Å²) in [5, 5.41) is 1.67. The Hall–Kier alpha value is -1.10. The van der Waals surface area contributed by atoms with Crippen LogP contribution in [-0.4, -0.2) is 47.5 Å². The van der Waals surface area contributed by atoms with Crippen molar-refractivity contribution in [1.29, 1.82) is 0 Å². The lowest BCUT2D eigenvalue weighted by Crippen LogP contribution is -2.55. The molecule has 19 heavy (non-hydrogen) atoms. The maximum Gasteiger partial charge on any atom is 0.330 e. The van der Waals surface area contributed by atoms with E-state index in [0.717, 1.165) is 0 Å². The van der Waals surface area contributed by atoms with E-state index >= 15 is 0 Å². The molecule has 1 aliphatic rings. The van der Waals surface area contributed by atoms with Crippen molar-refractivity contribution in [3.8, 4) is 0 Å². The fourth-order valence-corrected chi connectivity index (χ4v) is 1.92. The average molecular weight is 270 g/mol. The van der Waals surface area contributed by atoms with Gasteiger partial charge in [-0.3, -0.25) is 4.79 Å². The Morgan fingerprint density at radius 3 is 2.21 bits per heavy atom. The lowest BCUT2D eigenvalue weighted by Gasteiger charge is -2.40. The minimum absolute atomic E-state index is 0.00567. The summed E-state index contributed by atoms with van der Waals surface area (Å²) in [7, 11) is 0. The predicted octanol–water partition coefficient (Wildman–Crippen LogP) is 1.68. The number of hydrogen-bond acceptors (Lipinski definition) is 4. The number of carbonyl (C=O) groups is 2. The van der Waals surface area contributed by atoms with Gasteiger partial charge in [-0.25, -0.2) is 4.79 Å². The van der Waals surface area contributed by atoms with Crippen molar-refractivity contribution in [2.45, 2.75) is 47.6 Å². The molecule has 1 rings (SSSR count). The van der Waals surface area contributed by atoms with Gasteiger partial charge in [0.15, 0.2) is 0 Å². The molecular formula is C14H26N2O3. The first-order valence-corrected chi connectivity index (χ1v) is 6.90. The maximum absolute atomic E-state index is 12.0. The Kier molecular flexibility index (Phi) is 4.96. The van der Waals surface area contributed by atoms with Crippen LogP contribution in [0.3, 0.4) is 0 Å². The van der Waals surface area contributed by atoms with Gasteiger partial charge in [0.25, 0.3) is 0 Å². The van der Waals surface area contributed by atoms with Crippen LogP contribution < -0.4 is 0 Å². The Bertz CT molecular complexity index is 347. The van der Waals surface area contributed by atoms with Gasteiger partial charge in [0, 0.05) is 18.5 Å². The minimum Gasteiger partial charge on any atom is -0.367 e. The van der Waals surface area contributed by atoms with E-state index in [4.69, 9.17) is 4.84 Å². The number of hydrogen-bond donors (Lipinski definition) is 0. The zero-order valence-electron chi connectivity index (χ0n) is 12.9. The van der Waals surface area contributed by atoms with Gasteiger partial charge in [0.2, 0.25) is 5.91 Å². The monoisotopic (exact) mass is 270 g/mol. The standard InChI is InChI=1S/C14H26N2O3/c1-10(2)12(17)16-8-7-15(9-11(16)3)19-13(18)14(4,5)6/h10-11H,7-9H2,1-6H3/t11-/m1/s1. The Morgan fingerprint density at radius 1 is 1.21 bits per heavy atom. The second kappa shape index (κ2) is 5.90. The third kappa shape index (κ3) is 4.20. The van der Waals surface area contributed by atoms with Crippen molar-refractivity contribution in [2.24, 2.45) is 11.3 Å². The molecule has 1 atom stereocenters. The van der Waals surface area contributed by atoms with Crippen molar-refractivity contribution < 1.29 is 14.4 Å². The van der Waals surface area contributed by atoms with Gasteiger partial charge in [-0.05, 0) is 27.7 Å². The molecule has 1 aliphatic heterocycles. The SMILES string of the molecule is CC(C)C(=O)N1CCN(OC(=O)C(C)(C)C)C[C@H]1C. The molecule has 1 saturated heterocycles. The zero-order valence-corrected chi connectivity index (χ0v) is 12.9. The Morgan fingerprint density at radius 2 is 1.79 bits per heavy atom. The van der Waals surface area contributed by atoms with Crippen molar-refractivity contribution >= 4 is 11.9 Å². The molecule has 0 aromatic carbocycles. The molecule has 1 heterocycles. The lowest BCUT2D eigenvalue weighted by atomic mass is 9.98. The van der Waals surface area contributed by atoms with Crippen LogP contribution in [0.5, 0.6) is 0 Å². The van der Waals surface area contributed by atoms with E-state index in [9.17, 15) is 9.59 Å². The summed E-state index contributed by atoms with van der Waals surface area (Å²) >= 11 is 0. The van der Waals surface area contributed by atoms with E-state index in [2.05, 4.69) is 0 Å². The van der Waals surface area contributed by atoms with Crippen molar-refractivity contribution in [2.75, 3.05) is 19.6 Å². The quantitative estimate of drug-likeness (QED) is 0.766. The van der Waals surface area contributed by atoms with Crippen LogP contribution in [0.2, 0.25) is 0 Å². The van der Waals surface area contributed by atoms with Crippen molar-refractivity contribution in [1.82, 2.24) is 9.96 Å². The van der Waals surface area contributed by atoms with Crippen LogP contribution in [0.25, 0.3) is 0 Å². The van der Waals surface area contributed by atoms with Crippen LogP contribution in [0.4, 0.5) is 0 Å². The van der Waals surface area contributed by atoms with Crippen LogP contribution in [0, 0.1) is 11.3 Å². The lowest BCUT2D eigenvalue weighted by molar-refractivity contribution is -0.211. The number of piperazine rings is 1. The number of rotatable bonds is 2. The fourth-order valence-electron chi connectivity index (χ4n) is 1.92. The summed E-state index contributed by atoms with van der Waals surface area (Å²) < 4.78 is 0. The van der Waals surface area contributed by atoms with Crippen LogP contribution >= 0.6 is 0 Å². The second-order valence-corrected chi connectivity index (χ2v) is 6.55. The zero-order chi connectivity index (χ0) is 14.8. The fraction of sp³-hybridized carbons (Fsp3) is 0.857. The summed E-state index contributed by atoms with van der Waals surface area (Å²) in [5.41, 5.74) is -0.506. The highest BCUT2D eigenvalue weighted by atomic mass is 16.7. The number of nitrogens with zero attached hydrogens (tertiary/aromatic N) is 2. The van der Waals surface area contributed by atoms with Crippen LogP contribution in [-0.2, 0) is 14.4 Å². The molecular weight excluding hydrogens is 244 g/mol. The van der Waals surface area contributed by atoms with Gasteiger partial charge < -0.3 is 9.74 Å². The predicted molar refractivity (Wildman–Crippen MR) is 73.1 cm³/mol. The van der Waals surface area contributed by atoms with E-state index in [1.165, 1.54) is 0 Å². The molecule has 0 spiro atoms. The highest BCUT2D eigenvalue weighted by molar-refractivity contribution is 5.78. The second-order valence-electron chi connectivity index (χ2n) is 6.55. The Labute approximate surface area is 115 Å². The topological polar surface area (TPSA) is 49.9 Å². The summed E-state index contributed by atoms with van der Waals surface area (Å²) in [6.45, 7) is 13.0. The summed E-state index contributed by atoms with van der Waals surface area (Å²) in [6.07, 6.45) is 0. The largest absolute Gasteiger partial charge is 0.367 e. The molecule has 1 amide bonds. The Balaban J connectivity index is 2.55. The molecule has 0 aromatic heterocycles. The van der Waals surface area contributed by atoms with E-state index in [0.29, 0.717) is 19.6 Å². The molecule has 110 valence electrons. The van der Waals surface area contributed by atoms with Crippen molar-refractivity contribution in [3.05, 3.63) is 0 Å². The molecule has 0 bridgehead atoms. The van der Waals surface area contributed by atoms with Crippen LogP contribution in [0.1, 0.15) is 41.5 Å². The summed E-state index contributed by atoms with van der Waals surface area (Å²) in [5.74, 6) is -0.0660. The molecule has 0 N–H and O–H groups in total. The highest BCUT2D eigenvalue weighted by Gasteiger charge is 2.32. The molecule has 1 fully saturated rings. The van der Waals surface area contributed by atoms with Crippen molar-refractivity contribution in [3.63, 3.8) is 0 Å². The van der Waals surface area contributed by atoms with Gasteiger partial charge in [-0.15, -0.1) is 5.06 Å². The van der Waals surface area contributed by atoms with Gasteiger partial charge in [0.1, 0.15) is 0 Å². The third-order valence-electron chi connectivity index (χ3n) is 3.19. The number of hydroxylamine groups is 2. The summed E-state index contributed by atoms with van der Waals surface area (Å²) in [4.78, 5) is 31.1. The first-order valence-electron chi connectivity index (χ1n) is 6.90. The van der Waals surface area contributed by atoms with Gasteiger partial charge in [-0.2, -0.15) is 0 Å². The summed E-state index contributed by atoms with van der Waals surface area (Å²) in [6, 6.07) is 0.0661. The molecule has 0 aliphatic carbocycles. The molecule has 5 nitrogen and oxygen atoms in total. The van der Waals surface area contributed by atoms with Gasteiger partial charge in [0.05, 0.1) is 18.5 Å². The number of carbonyl (C=O) groups excluding carboxylic acids is 2. The number of amides is 1.